The van der Waals surface area contributed by atoms with Gasteiger partial charge in [-0.2, -0.15) is 0 Å². The van der Waals surface area contributed by atoms with Crippen molar-refractivity contribution in [1.29, 1.82) is 0 Å². The Labute approximate surface area is 178 Å². The Hall–Kier alpha value is -2.30. The first-order chi connectivity index (χ1) is 13.4. The first-order valence-electron chi connectivity index (χ1n) is 9.05. The summed E-state index contributed by atoms with van der Waals surface area (Å²) in [5, 5.41) is 0.731. The lowest BCUT2D eigenvalue weighted by atomic mass is 10.1. The van der Waals surface area contributed by atoms with E-state index in [2.05, 4.69) is 65.6 Å². The van der Waals surface area contributed by atoms with E-state index in [1.54, 1.807) is 0 Å². The van der Waals surface area contributed by atoms with Crippen molar-refractivity contribution < 1.29 is 4.74 Å². The number of ether oxygens (including phenoxy) is 1. The number of pyridine rings is 1. The highest BCUT2D eigenvalue weighted by Gasteiger charge is 2.11. The quantitative estimate of drug-likeness (QED) is 0.334. The van der Waals surface area contributed by atoms with Gasteiger partial charge in [0.05, 0.1) is 5.69 Å². The first kappa shape index (κ1) is 19.0. The van der Waals surface area contributed by atoms with Crippen LogP contribution in [0.2, 0.25) is 5.02 Å². The molecule has 2 heterocycles. The lowest BCUT2D eigenvalue weighted by Gasteiger charge is -2.10. The van der Waals surface area contributed by atoms with Gasteiger partial charge in [0.1, 0.15) is 18.0 Å². The number of rotatable bonds is 4. The van der Waals surface area contributed by atoms with Crippen molar-refractivity contribution >= 4 is 33.2 Å². The summed E-state index contributed by atoms with van der Waals surface area (Å²) in [5.74, 6) is 0.872. The van der Waals surface area contributed by atoms with Gasteiger partial charge in [-0.25, -0.2) is 4.98 Å². The van der Waals surface area contributed by atoms with E-state index in [-0.39, 0.29) is 0 Å². The Kier molecular flexibility index (Phi) is 5.17. The molecule has 0 saturated heterocycles. The standard InChI is InChI=1S/C23H20BrClN2O/c1-14-10-18(6-9-22(14)28-13-17-4-7-19(25)8-5-17)21-12-27-11-20(24)15(2)16(3)23(27)26-21/h4-12H,13H2,1-3H3. The molecule has 0 radical (unpaired) electrons. The van der Waals surface area contributed by atoms with Crippen LogP contribution in [0, 0.1) is 20.8 Å². The van der Waals surface area contributed by atoms with Crippen LogP contribution in [-0.2, 0) is 6.61 Å². The van der Waals surface area contributed by atoms with Gasteiger partial charge in [-0.3, -0.25) is 0 Å². The normalized spacial score (nSPS) is 11.2. The molecule has 0 spiro atoms. The minimum Gasteiger partial charge on any atom is -0.489 e. The number of nitrogens with zero attached hydrogens (tertiary/aromatic N) is 2. The van der Waals surface area contributed by atoms with E-state index >= 15 is 0 Å². The summed E-state index contributed by atoms with van der Waals surface area (Å²) in [6.45, 7) is 6.77. The fourth-order valence-corrected chi connectivity index (χ4v) is 3.83. The van der Waals surface area contributed by atoms with Crippen molar-refractivity contribution in [3.63, 3.8) is 0 Å². The Morgan fingerprint density at radius 3 is 2.46 bits per heavy atom. The predicted molar refractivity (Wildman–Crippen MR) is 118 cm³/mol. The van der Waals surface area contributed by atoms with Gasteiger partial charge in [0, 0.05) is 27.5 Å². The summed E-state index contributed by atoms with van der Waals surface area (Å²) >= 11 is 9.56. The number of fused-ring (bicyclic) bond motifs is 1. The third-order valence-electron chi connectivity index (χ3n) is 5.02. The Bertz CT molecular complexity index is 1170. The maximum absolute atomic E-state index is 5.99. The first-order valence-corrected chi connectivity index (χ1v) is 10.2. The van der Waals surface area contributed by atoms with E-state index in [1.807, 2.05) is 30.3 Å². The number of aryl methyl sites for hydroxylation is 2. The van der Waals surface area contributed by atoms with E-state index < -0.39 is 0 Å². The van der Waals surface area contributed by atoms with Crippen LogP contribution >= 0.6 is 27.5 Å². The zero-order valence-corrected chi connectivity index (χ0v) is 18.3. The second kappa shape index (κ2) is 7.61. The van der Waals surface area contributed by atoms with Crippen molar-refractivity contribution in [3.05, 3.63) is 86.6 Å². The monoisotopic (exact) mass is 454 g/mol. The molecule has 4 aromatic rings. The molecule has 0 aliphatic carbocycles. The van der Waals surface area contributed by atoms with Crippen LogP contribution in [0.3, 0.4) is 0 Å². The van der Waals surface area contributed by atoms with Crippen molar-refractivity contribution in [2.45, 2.75) is 27.4 Å². The van der Waals surface area contributed by atoms with Gasteiger partial charge in [0.25, 0.3) is 0 Å². The molecular formula is C23H20BrClN2O. The predicted octanol–water partition coefficient (Wildman–Crippen LogP) is 6.92. The molecule has 0 N–H and O–H groups in total. The van der Waals surface area contributed by atoms with Crippen molar-refractivity contribution in [2.75, 3.05) is 0 Å². The lowest BCUT2D eigenvalue weighted by Crippen LogP contribution is -1.97. The summed E-state index contributed by atoms with van der Waals surface area (Å²) < 4.78 is 9.15. The molecule has 0 aliphatic rings. The zero-order valence-electron chi connectivity index (χ0n) is 16.0. The van der Waals surface area contributed by atoms with Gasteiger partial charge in [0.2, 0.25) is 0 Å². The Morgan fingerprint density at radius 1 is 1.00 bits per heavy atom. The van der Waals surface area contributed by atoms with Gasteiger partial charge in [-0.05, 0) is 89.3 Å². The second-order valence-electron chi connectivity index (χ2n) is 6.98. The molecule has 3 nitrogen and oxygen atoms in total. The highest BCUT2D eigenvalue weighted by Crippen LogP contribution is 2.29. The van der Waals surface area contributed by atoms with Crippen molar-refractivity contribution in [2.24, 2.45) is 0 Å². The fourth-order valence-electron chi connectivity index (χ4n) is 3.19. The summed E-state index contributed by atoms with van der Waals surface area (Å²) in [7, 11) is 0. The molecule has 28 heavy (non-hydrogen) atoms. The zero-order chi connectivity index (χ0) is 19.8. The third kappa shape index (κ3) is 3.67. The number of hydrogen-bond acceptors (Lipinski definition) is 2. The molecule has 2 aromatic carbocycles. The van der Waals surface area contributed by atoms with E-state index in [0.29, 0.717) is 6.61 Å². The van der Waals surface area contributed by atoms with Crippen LogP contribution < -0.4 is 4.74 Å². The fraction of sp³-hybridized carbons (Fsp3) is 0.174. The van der Waals surface area contributed by atoms with Gasteiger partial charge in [0.15, 0.2) is 0 Å². The van der Waals surface area contributed by atoms with Gasteiger partial charge < -0.3 is 9.14 Å². The molecule has 4 rings (SSSR count). The van der Waals surface area contributed by atoms with E-state index in [4.69, 9.17) is 21.3 Å². The van der Waals surface area contributed by atoms with E-state index in [1.165, 1.54) is 11.1 Å². The highest BCUT2D eigenvalue weighted by atomic mass is 79.9. The van der Waals surface area contributed by atoms with Gasteiger partial charge in [-0.15, -0.1) is 0 Å². The molecular weight excluding hydrogens is 436 g/mol. The lowest BCUT2D eigenvalue weighted by molar-refractivity contribution is 0.304. The summed E-state index contributed by atoms with van der Waals surface area (Å²) in [6.07, 6.45) is 4.13. The van der Waals surface area contributed by atoms with Crippen molar-refractivity contribution in [1.82, 2.24) is 9.38 Å². The van der Waals surface area contributed by atoms with Crippen LogP contribution in [0.5, 0.6) is 5.75 Å². The molecule has 0 aliphatic heterocycles. The number of imidazole rings is 1. The summed E-state index contributed by atoms with van der Waals surface area (Å²) in [4.78, 5) is 4.85. The highest BCUT2D eigenvalue weighted by molar-refractivity contribution is 9.10. The third-order valence-corrected chi connectivity index (χ3v) is 6.07. The van der Waals surface area contributed by atoms with Crippen molar-refractivity contribution in [3.8, 4) is 17.0 Å². The molecule has 2 aromatic heterocycles. The minimum atomic E-state index is 0.512. The molecule has 0 bridgehead atoms. The van der Waals surface area contributed by atoms with Crippen LogP contribution in [-0.4, -0.2) is 9.38 Å². The Balaban J connectivity index is 1.60. The molecule has 0 saturated carbocycles. The maximum atomic E-state index is 5.99. The summed E-state index contributed by atoms with van der Waals surface area (Å²) in [6, 6.07) is 13.9. The molecule has 0 amide bonds. The molecule has 0 fully saturated rings. The topological polar surface area (TPSA) is 26.5 Å². The minimum absolute atomic E-state index is 0.512. The smallest absolute Gasteiger partial charge is 0.140 e. The SMILES string of the molecule is Cc1cc(-c2cn3cc(Br)c(C)c(C)c3n2)ccc1OCc1ccc(Cl)cc1. The largest absolute Gasteiger partial charge is 0.489 e. The van der Waals surface area contributed by atoms with Gasteiger partial charge in [-0.1, -0.05) is 23.7 Å². The van der Waals surface area contributed by atoms with Gasteiger partial charge >= 0.3 is 0 Å². The molecule has 5 heteroatoms. The maximum Gasteiger partial charge on any atom is 0.140 e. The number of hydrogen-bond donors (Lipinski definition) is 0. The number of halogens is 2. The van der Waals surface area contributed by atoms with Crippen LogP contribution in [0.25, 0.3) is 16.9 Å². The molecule has 0 unspecified atom stereocenters. The Morgan fingerprint density at radius 2 is 1.75 bits per heavy atom. The second-order valence-corrected chi connectivity index (χ2v) is 8.27. The van der Waals surface area contributed by atoms with E-state index in [0.717, 1.165) is 43.3 Å². The summed E-state index contributed by atoms with van der Waals surface area (Å²) in [5.41, 5.74) is 7.58. The van der Waals surface area contributed by atoms with Crippen LogP contribution in [0.1, 0.15) is 22.3 Å². The molecule has 0 atom stereocenters. The van der Waals surface area contributed by atoms with Crippen LogP contribution in [0.15, 0.2) is 59.3 Å². The average Bonchev–Trinajstić information content (AvgIpc) is 3.10. The number of aromatic nitrogens is 2. The number of benzene rings is 2. The molecule has 142 valence electrons. The van der Waals surface area contributed by atoms with E-state index in [9.17, 15) is 0 Å². The van der Waals surface area contributed by atoms with Crippen LogP contribution in [0.4, 0.5) is 0 Å². The average molecular weight is 456 g/mol.